The van der Waals surface area contributed by atoms with E-state index in [0.717, 1.165) is 0 Å². The number of aliphatic imine (C=N–C) groups is 1. The first-order valence-electron chi connectivity index (χ1n) is 32.2. The lowest BCUT2D eigenvalue weighted by Gasteiger charge is -2.33. The van der Waals surface area contributed by atoms with Crippen molar-refractivity contribution in [2.75, 3.05) is 142 Å². The van der Waals surface area contributed by atoms with E-state index in [1.54, 1.807) is 87.2 Å². The van der Waals surface area contributed by atoms with Crippen molar-refractivity contribution in [2.24, 2.45) is 16.5 Å². The van der Waals surface area contributed by atoms with Crippen molar-refractivity contribution < 1.29 is 68.3 Å². The molecule has 4 aromatic carbocycles. The minimum absolute atomic E-state index is 0.0153. The number of nitrogens with one attached hydrogen (secondary N) is 9. The van der Waals surface area contributed by atoms with Crippen molar-refractivity contribution in [3.63, 3.8) is 0 Å². The molecule has 32 nitrogen and oxygen atoms in total. The van der Waals surface area contributed by atoms with Gasteiger partial charge >= 0.3 is 23.9 Å². The lowest BCUT2D eigenvalue weighted by atomic mass is 9.90. The number of aromatic hydroxyl groups is 1. The summed E-state index contributed by atoms with van der Waals surface area (Å²) in [5, 5.41) is 47.1. The molecule has 0 aromatic heterocycles. The van der Waals surface area contributed by atoms with Gasteiger partial charge in [0.05, 0.1) is 38.7 Å². The molecule has 1 saturated heterocycles. The van der Waals surface area contributed by atoms with Gasteiger partial charge in [0.15, 0.2) is 5.96 Å². The number of unbranched alkanes of at least 4 members (excludes halogenated alkanes) is 1. The summed E-state index contributed by atoms with van der Waals surface area (Å²) < 4.78 is 27.2. The van der Waals surface area contributed by atoms with Crippen LogP contribution >= 0.6 is 0 Å². The molecule has 4 aromatic rings. The van der Waals surface area contributed by atoms with Crippen LogP contribution in [-0.4, -0.2) is 243 Å². The minimum atomic E-state index is -1.18. The molecule has 0 bridgehead atoms. The summed E-state index contributed by atoms with van der Waals surface area (Å²) in [5.74, 6) is -5.43. The molecule has 5 rings (SSSR count). The molecule has 7 amide bonds. The molecule has 17 N–H and O–H groups in total. The fourth-order valence-electron chi connectivity index (χ4n) is 9.87. The molecular formula is C62H88N16O16. The number of rotatable bonds is 37. The molecule has 0 radical (unpaired) electrons. The maximum Gasteiger partial charge on any atom is 0.344 e. The monoisotopic (exact) mass is 1320 g/mol. The Morgan fingerprint density at radius 3 is 1.71 bits per heavy atom. The van der Waals surface area contributed by atoms with Crippen LogP contribution in [0.3, 0.4) is 0 Å². The van der Waals surface area contributed by atoms with Crippen LogP contribution in [0.4, 0.5) is 16.2 Å². The van der Waals surface area contributed by atoms with Crippen molar-refractivity contribution >= 4 is 70.8 Å². The zero-order valence-electron chi connectivity index (χ0n) is 55.6. The van der Waals surface area contributed by atoms with Gasteiger partial charge in [-0.15, -0.1) is 0 Å². The number of amides is 7. The number of nitrogens with two attached hydrogens (primary N) is 2. The van der Waals surface area contributed by atoms with Crippen LogP contribution in [0.1, 0.15) is 61.6 Å². The number of phenols is 1. The second kappa shape index (κ2) is 40.3. The van der Waals surface area contributed by atoms with Gasteiger partial charge in [-0.1, -0.05) is 61.5 Å². The molecular weight excluding hydrogens is 1220 g/mol. The Bertz CT molecular complexity index is 3280. The topological polar surface area (TPSA) is 464 Å². The van der Waals surface area contributed by atoms with Crippen molar-refractivity contribution in [2.45, 2.75) is 63.6 Å². The van der Waals surface area contributed by atoms with Gasteiger partial charge in [0.25, 0.3) is 15.2 Å². The average molecular weight is 1320 g/mol. The van der Waals surface area contributed by atoms with Crippen LogP contribution in [0.5, 0.6) is 11.5 Å². The maximum atomic E-state index is 14.5. The molecule has 32 heteroatoms. The number of urea groups is 1. The van der Waals surface area contributed by atoms with Gasteiger partial charge in [-0.25, -0.2) is 4.79 Å². The number of carbonyl (C=O) groups excluding carboxylic acids is 6. The summed E-state index contributed by atoms with van der Waals surface area (Å²) in [6.07, 6.45) is 1.76. The van der Waals surface area contributed by atoms with Crippen molar-refractivity contribution in [3.05, 3.63) is 116 Å². The van der Waals surface area contributed by atoms with Gasteiger partial charge < -0.3 is 84.5 Å². The highest BCUT2D eigenvalue weighted by Crippen LogP contribution is 2.28. The Morgan fingerprint density at radius 1 is 0.574 bits per heavy atom. The normalized spacial score (nSPS) is 15.0. The van der Waals surface area contributed by atoms with E-state index in [1.165, 1.54) is 12.1 Å². The van der Waals surface area contributed by atoms with Crippen LogP contribution in [-0.2, 0) is 44.9 Å². The van der Waals surface area contributed by atoms with Gasteiger partial charge in [-0.2, -0.15) is 4.99 Å². The zero-order chi connectivity index (χ0) is 70.5. The molecule has 0 spiro atoms. The van der Waals surface area contributed by atoms with Gasteiger partial charge in [-0.3, -0.25) is 67.5 Å². The van der Waals surface area contributed by atoms with Crippen molar-refractivity contribution in [1.29, 1.82) is 4.29 Å². The Morgan fingerprint density at radius 2 is 1.13 bits per heavy atom. The van der Waals surface area contributed by atoms with E-state index in [-0.39, 0.29) is 173 Å². The van der Waals surface area contributed by atoms with Crippen molar-refractivity contribution in [3.8, 4) is 11.5 Å². The zero-order valence-corrected chi connectivity index (χ0v) is 52.6. The predicted octanol–water partition coefficient (Wildman–Crippen LogP) is -2.44. The second-order valence-corrected chi connectivity index (χ2v) is 22.0. The number of ether oxygens (including phenoxy) is 1. The van der Waals surface area contributed by atoms with Gasteiger partial charge in [0, 0.05) is 111 Å². The molecule has 1 aliphatic heterocycles. The van der Waals surface area contributed by atoms with Gasteiger partial charge in [0.1, 0.15) is 35.0 Å². The Hall–Kier alpha value is -9.76. The first-order valence-corrected chi connectivity index (χ1v) is 31.0. The first kappa shape index (κ1) is 70.1. The molecule has 1 heterocycles. The summed E-state index contributed by atoms with van der Waals surface area (Å²) in [6, 6.07) is 19.3. The third kappa shape index (κ3) is 27.2. The smallest absolute Gasteiger partial charge is 0.344 e. The number of hydrogen-bond donors (Lipinski definition) is 15. The number of guanidine groups is 1. The number of hydrogen-bond acceptors (Lipinski definition) is 23. The number of nitrogens with zero attached hydrogens (tertiary/aromatic N) is 5. The van der Waals surface area contributed by atoms with Crippen molar-refractivity contribution in [1.82, 2.24) is 56.8 Å². The van der Waals surface area contributed by atoms with Gasteiger partial charge in [0.2, 0.25) is 29.5 Å². The molecule has 1 unspecified atom stereocenters. The number of benzene rings is 3. The van der Waals surface area contributed by atoms with Crippen LogP contribution in [0, 0.1) is 0 Å². The highest BCUT2D eigenvalue weighted by atomic mass is 16.5. The van der Waals surface area contributed by atoms with E-state index in [4.69, 9.17) is 20.5 Å². The van der Waals surface area contributed by atoms with Gasteiger partial charge in [-0.05, 0) is 66.6 Å². The number of carboxylic acid groups (broad SMARTS) is 3. The number of aliphatic carboxylic acids is 3. The lowest BCUT2D eigenvalue weighted by Crippen LogP contribution is -2.54. The van der Waals surface area contributed by atoms with E-state index in [9.17, 15) is 57.8 Å². The SMILES string of the molecule is [2H]OC(=O)CN1CCN(CC(=O)N[C@H](CN)C(=O)NCCNc2c(NCCCCOc3cccc([C@H](C(=O)NC(CCCN/C(N)=N\C(=O)NCCNC(=O)CC)C(=O)NCc4ccc(O)cc4)c4ccccc4)c3)c(=O)c2=O)CCN(CC(=O)O[2H])CCN(CC(=O)O[2H])CC1. The number of carbonyl (C=O) groups is 9. The standard InChI is InChI=1S/C62H88N16O16/c1-2-48(80)65-21-24-70-62(93)74-61(64)69-20-9-14-46(58(90)71-36-41-15-17-44(79)18-16-41)73-60(92)53(42-10-4-3-5-11-42)43-12-8-13-45(34-43)94-33-7-6-19-66-54-55(57(89)56(54)88)67-22-23-68-59(91)47(35-63)72-49(81)37-75-25-27-76(38-50(82)83)29-31-78(40-52(86)87)32-30-77(28-26-75)39-51(84)85/h3-5,8,10-13,15-18,34,46-47,53,66-67,79H,2,6-7,9,14,19-33,35-40,63H2,1H3,(H,65,80)(H,68,91)(H,71,90)(H,72,81)(H,73,92)(H,82,83)(H,84,85)(H,86,87)(H4,64,69,70,74,93)/t46?,47-,53-/m1/s1/i/hD3. The summed E-state index contributed by atoms with van der Waals surface area (Å²) >= 11 is 0. The predicted molar refractivity (Wildman–Crippen MR) is 348 cm³/mol. The summed E-state index contributed by atoms with van der Waals surface area (Å²) in [5.41, 5.74) is 12.4. The molecule has 0 aliphatic carbocycles. The number of phenolic OH excluding ortho intramolecular Hbond substituents is 1. The fourth-order valence-corrected chi connectivity index (χ4v) is 9.87. The third-order valence-electron chi connectivity index (χ3n) is 14.9. The van der Waals surface area contributed by atoms with Crippen LogP contribution in [0.2, 0.25) is 0 Å². The molecule has 1 aliphatic rings. The van der Waals surface area contributed by atoms with E-state index in [1.807, 2.05) is 6.07 Å². The second-order valence-electron chi connectivity index (χ2n) is 22.0. The minimum Gasteiger partial charge on any atom is -0.508 e. The fraction of sp³-hybridized carbons (Fsp3) is 0.484. The molecule has 94 heavy (non-hydrogen) atoms. The summed E-state index contributed by atoms with van der Waals surface area (Å²) in [7, 11) is 0. The quantitative estimate of drug-likeness (QED) is 0.00965. The summed E-state index contributed by atoms with van der Waals surface area (Å²) in [4.78, 5) is 151. The van der Waals surface area contributed by atoms with E-state index in [2.05, 4.69) is 68.2 Å². The summed E-state index contributed by atoms with van der Waals surface area (Å²) in [6.45, 7) is 2.91. The molecule has 3 atom stereocenters. The Kier molecular flexibility index (Phi) is 30.0. The van der Waals surface area contributed by atoms with E-state index >= 15 is 0 Å². The molecule has 1 fully saturated rings. The maximum absolute atomic E-state index is 14.5. The molecule has 512 valence electrons. The Balaban J connectivity index is 1.10. The van der Waals surface area contributed by atoms with Crippen LogP contribution < -0.4 is 74.9 Å². The van der Waals surface area contributed by atoms with E-state index in [0.29, 0.717) is 48.1 Å². The third-order valence-corrected chi connectivity index (χ3v) is 14.9. The molecule has 0 saturated carbocycles. The van der Waals surface area contributed by atoms with E-state index < -0.39 is 76.4 Å². The van der Waals surface area contributed by atoms with Crippen LogP contribution in [0.15, 0.2) is 93.4 Å². The highest BCUT2D eigenvalue weighted by Gasteiger charge is 2.30. The largest absolute Gasteiger partial charge is 0.508 e. The number of anilines is 2. The number of carboxylic acids is 3. The Labute approximate surface area is 547 Å². The lowest BCUT2D eigenvalue weighted by molar-refractivity contribution is -0.140. The first-order chi connectivity index (χ1) is 46.7. The van der Waals surface area contributed by atoms with Crippen LogP contribution in [0.25, 0.3) is 4.29 Å². The average Bonchev–Trinajstić information content (AvgIpc) is 0.792. The highest BCUT2D eigenvalue weighted by molar-refractivity contribution is 5.93.